The summed E-state index contributed by atoms with van der Waals surface area (Å²) >= 11 is 0. The molecule has 92 valence electrons. The number of allylic oxidation sites excluding steroid dienone is 1. The Morgan fingerprint density at radius 1 is 1.35 bits per heavy atom. The Labute approximate surface area is 125 Å². The first-order valence-corrected chi connectivity index (χ1v) is 5.64. The number of hydrogen-bond donors (Lipinski definition) is 0. The van der Waals surface area contributed by atoms with E-state index < -0.39 is 12.0 Å². The zero-order chi connectivity index (χ0) is 12.6. The second-order valence-electron chi connectivity index (χ2n) is 3.84. The van der Waals surface area contributed by atoms with Gasteiger partial charge in [0.05, 0.1) is 12.0 Å². The molecule has 0 heterocycles. The Balaban J connectivity index is 0. The van der Waals surface area contributed by atoms with E-state index in [-0.39, 0.29) is 35.5 Å². The van der Waals surface area contributed by atoms with Gasteiger partial charge in [0.25, 0.3) is 0 Å². The van der Waals surface area contributed by atoms with Crippen LogP contribution in [0.1, 0.15) is 39.5 Å². The number of nitrogens with zero attached hydrogens (tertiary/aromatic N) is 1. The average molecular weight is 249 g/mol. The summed E-state index contributed by atoms with van der Waals surface area (Å²) in [6.45, 7) is 3.54. The Morgan fingerprint density at radius 2 is 1.94 bits per heavy atom. The molecule has 0 fully saturated rings. The Kier molecular flexibility index (Phi) is 12.1. The first-order chi connectivity index (χ1) is 7.50. The van der Waals surface area contributed by atoms with Gasteiger partial charge in [-0.1, -0.05) is 25.8 Å². The number of unbranched alkanes of at least 4 members (excludes halogenated alkanes) is 3. The molecule has 1 atom stereocenters. The van der Waals surface area contributed by atoms with Crippen LogP contribution in [0.3, 0.4) is 0 Å². The molecule has 0 saturated carbocycles. The summed E-state index contributed by atoms with van der Waals surface area (Å²) in [4.78, 5) is 23.2. The first-order valence-electron chi connectivity index (χ1n) is 5.64. The molecule has 0 aromatic heterocycles. The van der Waals surface area contributed by atoms with Crippen molar-refractivity contribution in [2.45, 2.75) is 45.6 Å². The molecule has 0 spiro atoms. The minimum atomic E-state index is -1.24. The normalized spacial score (nSPS) is 11.9. The molecule has 0 radical (unpaired) electrons. The second kappa shape index (κ2) is 10.8. The number of likely N-dealkylation sites (N-methyl/N-ethyl adjacent to an activating group) is 1. The smallest absolute Gasteiger partial charge is 0.548 e. The summed E-state index contributed by atoms with van der Waals surface area (Å²) in [5.41, 5.74) is 0. The molecule has 0 aromatic carbocycles. The van der Waals surface area contributed by atoms with Crippen LogP contribution in [0.25, 0.3) is 0 Å². The second-order valence-corrected chi connectivity index (χ2v) is 3.84. The van der Waals surface area contributed by atoms with Crippen molar-refractivity contribution in [1.29, 1.82) is 0 Å². The van der Waals surface area contributed by atoms with E-state index in [4.69, 9.17) is 0 Å². The third-order valence-corrected chi connectivity index (χ3v) is 2.50. The molecule has 0 aliphatic rings. The number of carbonyl (C=O) groups is 2. The summed E-state index contributed by atoms with van der Waals surface area (Å²) < 4.78 is 0. The van der Waals surface area contributed by atoms with Crippen LogP contribution in [-0.2, 0) is 9.59 Å². The SMILES string of the molecule is CCCCC/C=C/C(=O)N(C)C(C)C(=O)[O-].[Na+]. The van der Waals surface area contributed by atoms with E-state index in [0.29, 0.717) is 0 Å². The number of carboxylic acids is 1. The van der Waals surface area contributed by atoms with Gasteiger partial charge in [-0.25, -0.2) is 0 Å². The standard InChI is InChI=1S/C12H21NO3.Na/c1-4-5-6-7-8-9-11(14)13(3)10(2)12(15)16;/h8-10H,4-7H2,1-3H3,(H,15,16);/q;+1/p-1/b9-8+;. The average Bonchev–Trinajstić information content (AvgIpc) is 2.26. The Morgan fingerprint density at radius 3 is 2.41 bits per heavy atom. The van der Waals surface area contributed by atoms with Gasteiger partial charge in [0.2, 0.25) is 5.91 Å². The monoisotopic (exact) mass is 249 g/mol. The molecule has 1 unspecified atom stereocenters. The fourth-order valence-corrected chi connectivity index (χ4v) is 1.16. The maximum absolute atomic E-state index is 11.5. The summed E-state index contributed by atoms with van der Waals surface area (Å²) in [5.74, 6) is -1.54. The molecule has 0 rings (SSSR count). The third kappa shape index (κ3) is 8.41. The molecule has 0 aliphatic carbocycles. The number of carboxylic acid groups (broad SMARTS) is 1. The van der Waals surface area contributed by atoms with Crippen molar-refractivity contribution in [2.75, 3.05) is 7.05 Å². The van der Waals surface area contributed by atoms with Gasteiger partial charge < -0.3 is 14.8 Å². The van der Waals surface area contributed by atoms with Crippen molar-refractivity contribution >= 4 is 11.9 Å². The first kappa shape index (κ1) is 19.0. The largest absolute Gasteiger partial charge is 1.00 e. The quantitative estimate of drug-likeness (QED) is 0.290. The fraction of sp³-hybridized carbons (Fsp3) is 0.667. The van der Waals surface area contributed by atoms with E-state index in [1.165, 1.54) is 20.0 Å². The molecule has 4 nitrogen and oxygen atoms in total. The number of aliphatic carboxylic acids is 1. The number of carbonyl (C=O) groups excluding carboxylic acids is 2. The fourth-order valence-electron chi connectivity index (χ4n) is 1.16. The van der Waals surface area contributed by atoms with Crippen LogP contribution in [0.2, 0.25) is 0 Å². The van der Waals surface area contributed by atoms with Gasteiger partial charge in [-0.15, -0.1) is 0 Å². The van der Waals surface area contributed by atoms with E-state index in [2.05, 4.69) is 6.92 Å². The van der Waals surface area contributed by atoms with Crippen molar-refractivity contribution in [3.05, 3.63) is 12.2 Å². The van der Waals surface area contributed by atoms with Crippen molar-refractivity contribution in [2.24, 2.45) is 0 Å². The van der Waals surface area contributed by atoms with Gasteiger partial charge in [0.15, 0.2) is 0 Å². The van der Waals surface area contributed by atoms with Crippen LogP contribution in [0.15, 0.2) is 12.2 Å². The van der Waals surface area contributed by atoms with Gasteiger partial charge in [0.1, 0.15) is 0 Å². The summed E-state index contributed by atoms with van der Waals surface area (Å²) in [5, 5.41) is 10.5. The van der Waals surface area contributed by atoms with Crippen molar-refractivity contribution in [3.63, 3.8) is 0 Å². The predicted octanol–water partition coefficient (Wildman–Crippen LogP) is -2.28. The third-order valence-electron chi connectivity index (χ3n) is 2.50. The Bertz CT molecular complexity index is 266. The van der Waals surface area contributed by atoms with Crippen LogP contribution in [0.4, 0.5) is 0 Å². The van der Waals surface area contributed by atoms with E-state index in [0.717, 1.165) is 30.6 Å². The van der Waals surface area contributed by atoms with Crippen LogP contribution < -0.4 is 34.7 Å². The summed E-state index contributed by atoms with van der Waals surface area (Å²) in [6, 6.07) is -0.896. The Hall–Kier alpha value is -0.320. The number of amides is 1. The zero-order valence-corrected chi connectivity index (χ0v) is 13.2. The molecule has 0 saturated heterocycles. The van der Waals surface area contributed by atoms with Crippen LogP contribution in [-0.4, -0.2) is 29.9 Å². The van der Waals surface area contributed by atoms with Crippen molar-refractivity contribution in [1.82, 2.24) is 4.90 Å². The molecule has 0 N–H and O–H groups in total. The number of rotatable bonds is 7. The summed E-state index contributed by atoms with van der Waals surface area (Å²) in [6.07, 6.45) is 7.41. The minimum Gasteiger partial charge on any atom is -0.548 e. The van der Waals surface area contributed by atoms with Crippen LogP contribution >= 0.6 is 0 Å². The summed E-state index contributed by atoms with van der Waals surface area (Å²) in [7, 11) is 1.46. The van der Waals surface area contributed by atoms with Gasteiger partial charge >= 0.3 is 29.6 Å². The molecule has 17 heavy (non-hydrogen) atoms. The molecule has 0 aromatic rings. The predicted molar refractivity (Wildman–Crippen MR) is 60.5 cm³/mol. The molecule has 0 aliphatic heterocycles. The maximum Gasteiger partial charge on any atom is 1.00 e. The van der Waals surface area contributed by atoms with Crippen LogP contribution in [0.5, 0.6) is 0 Å². The van der Waals surface area contributed by atoms with Crippen molar-refractivity contribution in [3.8, 4) is 0 Å². The molecule has 5 heteroatoms. The van der Waals surface area contributed by atoms with Gasteiger partial charge in [-0.05, 0) is 25.8 Å². The topological polar surface area (TPSA) is 60.4 Å². The zero-order valence-electron chi connectivity index (χ0n) is 11.2. The van der Waals surface area contributed by atoms with E-state index >= 15 is 0 Å². The number of hydrogen-bond acceptors (Lipinski definition) is 3. The van der Waals surface area contributed by atoms with Gasteiger partial charge in [-0.2, -0.15) is 0 Å². The molecule has 1 amide bonds. The van der Waals surface area contributed by atoms with Gasteiger partial charge in [0, 0.05) is 7.05 Å². The van der Waals surface area contributed by atoms with Crippen LogP contribution in [0, 0.1) is 0 Å². The van der Waals surface area contributed by atoms with E-state index in [1.807, 2.05) is 0 Å². The molecular formula is C12H20NNaO3. The van der Waals surface area contributed by atoms with E-state index in [1.54, 1.807) is 6.08 Å². The molecule has 0 bridgehead atoms. The van der Waals surface area contributed by atoms with Crippen molar-refractivity contribution < 1.29 is 44.3 Å². The van der Waals surface area contributed by atoms with Gasteiger partial charge in [-0.3, -0.25) is 4.79 Å². The minimum absolute atomic E-state index is 0. The molecular weight excluding hydrogens is 229 g/mol. The maximum atomic E-state index is 11.5. The van der Waals surface area contributed by atoms with E-state index in [9.17, 15) is 14.7 Å².